The molecule has 1 amide bonds. The summed E-state index contributed by atoms with van der Waals surface area (Å²) in [4.78, 5) is 18.9. The van der Waals surface area contributed by atoms with E-state index in [1.807, 2.05) is 4.90 Å². The molecule has 0 N–H and O–H groups in total. The number of hydrogen-bond donors (Lipinski definition) is 0. The predicted molar refractivity (Wildman–Crippen MR) is 86.2 cm³/mol. The van der Waals surface area contributed by atoms with Crippen molar-refractivity contribution in [3.8, 4) is 0 Å². The normalized spacial score (nSPS) is 23.3. The highest BCUT2D eigenvalue weighted by atomic mass is 19.1. The van der Waals surface area contributed by atoms with E-state index in [4.69, 9.17) is 9.26 Å². The summed E-state index contributed by atoms with van der Waals surface area (Å²) in [5.41, 5.74) is 0.910. The number of aromatic nitrogens is 2. The predicted octanol–water partition coefficient (Wildman–Crippen LogP) is 2.64. The fraction of sp³-hybridized carbons (Fsp3) is 0.500. The van der Waals surface area contributed by atoms with Crippen LogP contribution in [0.4, 0.5) is 4.39 Å². The number of hydrogen-bond acceptors (Lipinski definition) is 5. The molecule has 132 valence electrons. The number of nitrogens with zero attached hydrogens (tertiary/aromatic N) is 3. The van der Waals surface area contributed by atoms with Crippen LogP contribution in [-0.2, 0) is 16.0 Å². The molecule has 2 aliphatic heterocycles. The van der Waals surface area contributed by atoms with Gasteiger partial charge < -0.3 is 14.2 Å². The van der Waals surface area contributed by atoms with E-state index in [2.05, 4.69) is 10.1 Å². The molecule has 25 heavy (non-hydrogen) atoms. The van der Waals surface area contributed by atoms with Crippen LogP contribution in [0.25, 0.3) is 0 Å². The molecule has 2 aromatic rings. The maximum atomic E-state index is 13.0. The second-order valence-corrected chi connectivity index (χ2v) is 6.54. The molecule has 7 heteroatoms. The van der Waals surface area contributed by atoms with Crippen LogP contribution in [-0.4, -0.2) is 40.2 Å². The van der Waals surface area contributed by atoms with Crippen LogP contribution in [0, 0.1) is 5.82 Å². The number of likely N-dealkylation sites (tertiary alicyclic amines) is 1. The van der Waals surface area contributed by atoms with Crippen molar-refractivity contribution in [3.63, 3.8) is 0 Å². The number of rotatable bonds is 4. The van der Waals surface area contributed by atoms with E-state index < -0.39 is 0 Å². The molecule has 0 saturated carbocycles. The number of carbonyl (C=O) groups is 1. The lowest BCUT2D eigenvalue weighted by Gasteiger charge is -2.24. The lowest BCUT2D eigenvalue weighted by atomic mass is 10.1. The van der Waals surface area contributed by atoms with Gasteiger partial charge in [-0.15, -0.1) is 0 Å². The maximum Gasteiger partial charge on any atom is 0.252 e. The van der Waals surface area contributed by atoms with Gasteiger partial charge in [0.2, 0.25) is 5.89 Å². The minimum absolute atomic E-state index is 0.0262. The monoisotopic (exact) mass is 345 g/mol. The van der Waals surface area contributed by atoms with Crippen LogP contribution in [0.5, 0.6) is 0 Å². The Morgan fingerprint density at radius 2 is 2.08 bits per heavy atom. The summed E-state index contributed by atoms with van der Waals surface area (Å²) in [6, 6.07) is 6.05. The van der Waals surface area contributed by atoms with E-state index in [0.717, 1.165) is 31.2 Å². The minimum atomic E-state index is -0.331. The Bertz CT molecular complexity index is 740. The van der Waals surface area contributed by atoms with Crippen molar-refractivity contribution >= 4 is 5.91 Å². The van der Waals surface area contributed by atoms with Crippen molar-refractivity contribution < 1.29 is 18.4 Å². The molecule has 0 unspecified atom stereocenters. The van der Waals surface area contributed by atoms with Crippen molar-refractivity contribution in [1.82, 2.24) is 15.0 Å². The summed E-state index contributed by atoms with van der Waals surface area (Å²) >= 11 is 0. The number of amides is 1. The Morgan fingerprint density at radius 3 is 2.84 bits per heavy atom. The zero-order chi connectivity index (χ0) is 17.2. The molecule has 0 spiro atoms. The van der Waals surface area contributed by atoms with Crippen molar-refractivity contribution in [2.24, 2.45) is 0 Å². The molecule has 2 saturated heterocycles. The first kappa shape index (κ1) is 16.2. The number of benzene rings is 1. The SMILES string of the molecule is O=C([C@H]1CCCO1)N1CCC[C@@H]1c1nc(Cc2ccc(F)cc2)no1. The van der Waals surface area contributed by atoms with E-state index in [9.17, 15) is 9.18 Å². The average Bonchev–Trinajstić information content (AvgIpc) is 3.37. The van der Waals surface area contributed by atoms with Gasteiger partial charge in [0.1, 0.15) is 18.0 Å². The van der Waals surface area contributed by atoms with Gasteiger partial charge in [-0.05, 0) is 43.4 Å². The van der Waals surface area contributed by atoms with E-state index in [-0.39, 0.29) is 23.9 Å². The van der Waals surface area contributed by atoms with Gasteiger partial charge in [-0.2, -0.15) is 4.98 Å². The van der Waals surface area contributed by atoms with Crippen molar-refractivity contribution in [2.75, 3.05) is 13.2 Å². The Morgan fingerprint density at radius 1 is 1.24 bits per heavy atom. The first-order valence-electron chi connectivity index (χ1n) is 8.70. The third-order valence-electron chi connectivity index (χ3n) is 4.79. The molecule has 0 aliphatic carbocycles. The van der Waals surface area contributed by atoms with E-state index in [1.165, 1.54) is 12.1 Å². The van der Waals surface area contributed by atoms with E-state index >= 15 is 0 Å². The van der Waals surface area contributed by atoms with Crippen molar-refractivity contribution in [1.29, 1.82) is 0 Å². The molecule has 3 heterocycles. The van der Waals surface area contributed by atoms with Gasteiger partial charge in [-0.25, -0.2) is 4.39 Å². The van der Waals surface area contributed by atoms with Gasteiger partial charge in [0.15, 0.2) is 5.82 Å². The number of ether oxygens (including phenoxy) is 1. The molecule has 0 radical (unpaired) electrons. The zero-order valence-corrected chi connectivity index (χ0v) is 13.9. The van der Waals surface area contributed by atoms with Gasteiger partial charge >= 0.3 is 0 Å². The molecular formula is C18H20FN3O3. The van der Waals surface area contributed by atoms with Gasteiger partial charge in [-0.3, -0.25) is 4.79 Å². The quantitative estimate of drug-likeness (QED) is 0.852. The van der Waals surface area contributed by atoms with Crippen LogP contribution in [0.2, 0.25) is 0 Å². The fourth-order valence-electron chi connectivity index (χ4n) is 3.50. The summed E-state index contributed by atoms with van der Waals surface area (Å²) in [5, 5.41) is 4.02. The lowest BCUT2D eigenvalue weighted by molar-refractivity contribution is -0.142. The summed E-state index contributed by atoms with van der Waals surface area (Å²) in [7, 11) is 0. The van der Waals surface area contributed by atoms with Crippen LogP contribution >= 0.6 is 0 Å². The molecule has 2 fully saturated rings. The van der Waals surface area contributed by atoms with E-state index in [1.54, 1.807) is 12.1 Å². The third-order valence-corrected chi connectivity index (χ3v) is 4.79. The van der Waals surface area contributed by atoms with Crippen molar-refractivity contribution in [3.05, 3.63) is 47.4 Å². The fourth-order valence-corrected chi connectivity index (χ4v) is 3.50. The average molecular weight is 345 g/mol. The van der Waals surface area contributed by atoms with Crippen molar-refractivity contribution in [2.45, 2.75) is 44.2 Å². The first-order valence-corrected chi connectivity index (χ1v) is 8.70. The summed E-state index contributed by atoms with van der Waals surface area (Å²) in [5.74, 6) is 0.768. The smallest absolute Gasteiger partial charge is 0.252 e. The van der Waals surface area contributed by atoms with Gasteiger partial charge in [0, 0.05) is 19.6 Å². The van der Waals surface area contributed by atoms with Gasteiger partial charge in [-0.1, -0.05) is 17.3 Å². The molecule has 0 bridgehead atoms. The highest BCUT2D eigenvalue weighted by molar-refractivity contribution is 5.81. The molecule has 6 nitrogen and oxygen atoms in total. The standard InChI is InChI=1S/C18H20FN3O3/c19-13-7-5-12(6-8-13)11-16-20-17(25-21-16)14-3-1-9-22(14)18(23)15-4-2-10-24-15/h5-8,14-15H,1-4,9-11H2/t14-,15-/m1/s1. The molecule has 2 atom stereocenters. The zero-order valence-electron chi connectivity index (χ0n) is 13.9. The lowest BCUT2D eigenvalue weighted by Crippen LogP contribution is -2.38. The Balaban J connectivity index is 1.46. The molecule has 4 rings (SSSR count). The summed E-state index contributed by atoms with van der Waals surface area (Å²) in [6.45, 7) is 1.34. The first-order chi connectivity index (χ1) is 12.2. The Labute approximate surface area is 145 Å². The van der Waals surface area contributed by atoms with Crippen LogP contribution in [0.3, 0.4) is 0 Å². The third kappa shape index (κ3) is 3.42. The van der Waals surface area contributed by atoms with Crippen LogP contribution in [0.15, 0.2) is 28.8 Å². The molecule has 1 aromatic carbocycles. The summed E-state index contributed by atoms with van der Waals surface area (Å²) < 4.78 is 23.9. The molecule has 2 aliphatic rings. The van der Waals surface area contributed by atoms with Crippen LogP contribution < -0.4 is 0 Å². The summed E-state index contributed by atoms with van der Waals surface area (Å²) in [6.07, 6.45) is 3.58. The number of halogens is 1. The second kappa shape index (κ2) is 6.92. The highest BCUT2D eigenvalue weighted by Gasteiger charge is 2.38. The Hall–Kier alpha value is -2.28. The van der Waals surface area contributed by atoms with Gasteiger partial charge in [0.05, 0.1) is 0 Å². The Kier molecular flexibility index (Phi) is 4.48. The number of carbonyl (C=O) groups excluding carboxylic acids is 1. The highest BCUT2D eigenvalue weighted by Crippen LogP contribution is 2.33. The van der Waals surface area contributed by atoms with Crippen LogP contribution in [0.1, 0.15) is 49.0 Å². The van der Waals surface area contributed by atoms with E-state index in [0.29, 0.717) is 31.3 Å². The largest absolute Gasteiger partial charge is 0.368 e. The second-order valence-electron chi connectivity index (χ2n) is 6.54. The molecular weight excluding hydrogens is 325 g/mol. The molecule has 1 aromatic heterocycles. The maximum absolute atomic E-state index is 13.0. The minimum Gasteiger partial charge on any atom is -0.368 e. The topological polar surface area (TPSA) is 68.5 Å². The van der Waals surface area contributed by atoms with Gasteiger partial charge in [0.25, 0.3) is 5.91 Å².